The Morgan fingerprint density at radius 1 is 1.22 bits per heavy atom. The largest absolute Gasteiger partial charge is 0.350 e. The molecule has 27 heavy (non-hydrogen) atoms. The number of thiazole rings is 1. The molecule has 7 nitrogen and oxygen atoms in total. The van der Waals surface area contributed by atoms with Gasteiger partial charge in [-0.3, -0.25) is 23.7 Å². The molecule has 0 atom stereocenters. The minimum atomic E-state index is -0.284. The quantitative estimate of drug-likeness (QED) is 0.664. The molecule has 3 amide bonds. The second kappa shape index (κ2) is 6.96. The minimum absolute atomic E-state index is 0.126. The number of nitrogens with one attached hydrogen (secondary N) is 1. The fourth-order valence-electron chi connectivity index (χ4n) is 3.14. The monoisotopic (exact) mass is 382 g/mol. The molecule has 0 radical (unpaired) electrons. The molecule has 0 unspecified atom stereocenters. The van der Waals surface area contributed by atoms with E-state index in [1.165, 1.54) is 16.2 Å². The summed E-state index contributed by atoms with van der Waals surface area (Å²) in [5.74, 6) is -0.690. The number of imidazole rings is 1. The van der Waals surface area contributed by atoms with Crippen LogP contribution < -0.4 is 5.32 Å². The van der Waals surface area contributed by atoms with Crippen LogP contribution in [0.4, 0.5) is 0 Å². The van der Waals surface area contributed by atoms with Crippen LogP contribution in [0, 0.1) is 6.92 Å². The van der Waals surface area contributed by atoms with Gasteiger partial charge in [0.05, 0.1) is 23.4 Å². The summed E-state index contributed by atoms with van der Waals surface area (Å²) in [5, 5.41) is 4.77. The lowest BCUT2D eigenvalue weighted by atomic mass is 10.1. The van der Waals surface area contributed by atoms with Gasteiger partial charge in [-0.25, -0.2) is 4.98 Å². The maximum absolute atomic E-state index is 12.4. The Labute approximate surface area is 159 Å². The summed E-state index contributed by atoms with van der Waals surface area (Å²) < 4.78 is 1.91. The highest BCUT2D eigenvalue weighted by molar-refractivity contribution is 7.15. The van der Waals surface area contributed by atoms with E-state index < -0.39 is 0 Å². The van der Waals surface area contributed by atoms with E-state index in [0.29, 0.717) is 24.1 Å². The Morgan fingerprint density at radius 2 is 2.04 bits per heavy atom. The Kier molecular flexibility index (Phi) is 4.49. The molecule has 0 saturated carbocycles. The van der Waals surface area contributed by atoms with Crippen LogP contribution in [0.2, 0.25) is 0 Å². The van der Waals surface area contributed by atoms with Crippen LogP contribution in [0.25, 0.3) is 4.96 Å². The SMILES string of the molecule is Cc1ccc2c(c1)C(=O)N(CCCC(=O)NCc1cn3ccsc3n1)C2=O. The van der Waals surface area contributed by atoms with E-state index in [9.17, 15) is 14.4 Å². The van der Waals surface area contributed by atoms with Crippen LogP contribution in [0.15, 0.2) is 36.0 Å². The van der Waals surface area contributed by atoms with E-state index in [2.05, 4.69) is 10.3 Å². The smallest absolute Gasteiger partial charge is 0.261 e. The third kappa shape index (κ3) is 3.35. The normalized spacial score (nSPS) is 13.4. The maximum Gasteiger partial charge on any atom is 0.261 e. The fraction of sp³-hybridized carbons (Fsp3) is 0.263. The molecule has 1 aromatic carbocycles. The van der Waals surface area contributed by atoms with Crippen LogP contribution in [0.1, 0.15) is 44.8 Å². The number of imide groups is 1. The van der Waals surface area contributed by atoms with Crippen molar-refractivity contribution >= 4 is 34.0 Å². The summed E-state index contributed by atoms with van der Waals surface area (Å²) in [6.45, 7) is 2.48. The summed E-state index contributed by atoms with van der Waals surface area (Å²) in [4.78, 5) is 43.3. The third-order valence-corrected chi connectivity index (χ3v) is 5.29. The predicted octanol–water partition coefficient (Wildman–Crippen LogP) is 2.40. The average molecular weight is 382 g/mol. The van der Waals surface area contributed by atoms with Crippen molar-refractivity contribution in [1.82, 2.24) is 19.6 Å². The number of rotatable bonds is 6. The molecule has 1 aliphatic heterocycles. The number of aromatic nitrogens is 2. The number of hydrogen-bond donors (Lipinski definition) is 1. The van der Waals surface area contributed by atoms with Crippen LogP contribution in [0.5, 0.6) is 0 Å². The fourth-order valence-corrected chi connectivity index (χ4v) is 3.86. The van der Waals surface area contributed by atoms with Crippen LogP contribution in [0.3, 0.4) is 0 Å². The van der Waals surface area contributed by atoms with Crippen LogP contribution >= 0.6 is 11.3 Å². The second-order valence-corrected chi connectivity index (χ2v) is 7.39. The summed E-state index contributed by atoms with van der Waals surface area (Å²) in [5.41, 5.74) is 2.63. The summed E-state index contributed by atoms with van der Waals surface area (Å²) in [6, 6.07) is 5.24. The first kappa shape index (κ1) is 17.4. The van der Waals surface area contributed by atoms with Crippen molar-refractivity contribution < 1.29 is 14.4 Å². The first-order chi connectivity index (χ1) is 13.0. The Hall–Kier alpha value is -3.00. The molecule has 1 aliphatic rings. The van der Waals surface area contributed by atoms with Gasteiger partial charge in [-0.15, -0.1) is 11.3 Å². The zero-order valence-corrected chi connectivity index (χ0v) is 15.6. The highest BCUT2D eigenvalue weighted by atomic mass is 32.1. The first-order valence-electron chi connectivity index (χ1n) is 8.67. The van der Waals surface area contributed by atoms with Crippen molar-refractivity contribution in [1.29, 1.82) is 0 Å². The lowest BCUT2D eigenvalue weighted by molar-refractivity contribution is -0.121. The molecule has 0 bridgehead atoms. The number of hydrogen-bond acceptors (Lipinski definition) is 5. The molecule has 2 aromatic heterocycles. The van der Waals surface area contributed by atoms with Gasteiger partial charge >= 0.3 is 0 Å². The van der Waals surface area contributed by atoms with Crippen molar-refractivity contribution in [2.24, 2.45) is 0 Å². The van der Waals surface area contributed by atoms with E-state index in [1.54, 1.807) is 12.1 Å². The zero-order chi connectivity index (χ0) is 19.0. The number of amides is 3. The molecule has 8 heteroatoms. The summed E-state index contributed by atoms with van der Waals surface area (Å²) in [6.07, 6.45) is 4.47. The van der Waals surface area contributed by atoms with Crippen LogP contribution in [-0.2, 0) is 11.3 Å². The number of benzene rings is 1. The predicted molar refractivity (Wildman–Crippen MR) is 101 cm³/mol. The molecule has 3 heterocycles. The van der Waals surface area contributed by atoms with Gasteiger partial charge in [-0.05, 0) is 25.5 Å². The van der Waals surface area contributed by atoms with Crippen molar-refractivity contribution in [3.63, 3.8) is 0 Å². The number of aryl methyl sites for hydroxylation is 1. The van der Waals surface area contributed by atoms with Gasteiger partial charge in [0, 0.05) is 30.7 Å². The molecular formula is C19H18N4O3S. The van der Waals surface area contributed by atoms with E-state index >= 15 is 0 Å². The summed E-state index contributed by atoms with van der Waals surface area (Å²) >= 11 is 1.54. The highest BCUT2D eigenvalue weighted by Gasteiger charge is 2.34. The van der Waals surface area contributed by atoms with Gasteiger partial charge in [-0.1, -0.05) is 11.6 Å². The van der Waals surface area contributed by atoms with Gasteiger partial charge in [-0.2, -0.15) is 0 Å². The molecule has 1 N–H and O–H groups in total. The first-order valence-corrected chi connectivity index (χ1v) is 9.55. The van der Waals surface area contributed by atoms with Gasteiger partial charge in [0.25, 0.3) is 11.8 Å². The van der Waals surface area contributed by atoms with Crippen molar-refractivity contribution in [3.8, 4) is 0 Å². The number of carbonyl (C=O) groups is 3. The van der Waals surface area contributed by atoms with Crippen molar-refractivity contribution in [3.05, 3.63) is 58.4 Å². The topological polar surface area (TPSA) is 83.8 Å². The lowest BCUT2D eigenvalue weighted by Gasteiger charge is -2.13. The van der Waals surface area contributed by atoms with Gasteiger partial charge < -0.3 is 5.32 Å². The minimum Gasteiger partial charge on any atom is -0.350 e. The number of nitrogens with zero attached hydrogens (tertiary/aromatic N) is 3. The Morgan fingerprint density at radius 3 is 2.85 bits per heavy atom. The zero-order valence-electron chi connectivity index (χ0n) is 14.8. The average Bonchev–Trinajstić information content (AvgIpc) is 3.29. The van der Waals surface area contributed by atoms with E-state index in [4.69, 9.17) is 0 Å². The molecule has 0 fully saturated rings. The third-order valence-electron chi connectivity index (χ3n) is 4.52. The number of carbonyl (C=O) groups excluding carboxylic acids is 3. The molecule has 0 spiro atoms. The van der Waals surface area contributed by atoms with Gasteiger partial charge in [0.15, 0.2) is 4.96 Å². The lowest BCUT2D eigenvalue weighted by Crippen LogP contribution is -2.32. The van der Waals surface area contributed by atoms with Crippen LogP contribution in [-0.4, -0.2) is 38.6 Å². The van der Waals surface area contributed by atoms with Gasteiger partial charge in [0.2, 0.25) is 5.91 Å². The second-order valence-electron chi connectivity index (χ2n) is 6.52. The molecule has 4 rings (SSSR count). The number of fused-ring (bicyclic) bond motifs is 2. The van der Waals surface area contributed by atoms with E-state index in [1.807, 2.05) is 35.2 Å². The van der Waals surface area contributed by atoms with E-state index in [0.717, 1.165) is 16.2 Å². The van der Waals surface area contributed by atoms with Crippen molar-refractivity contribution in [2.45, 2.75) is 26.3 Å². The molecule has 0 aliphatic carbocycles. The summed E-state index contributed by atoms with van der Waals surface area (Å²) in [7, 11) is 0. The standard InChI is InChI=1S/C19H18N4O3S/c1-12-4-5-14-15(9-12)18(26)23(17(14)25)6-2-3-16(24)20-10-13-11-22-7-8-27-19(22)21-13/h4-5,7-9,11H,2-3,6,10H2,1H3,(H,20,24). The molecule has 138 valence electrons. The molecular weight excluding hydrogens is 364 g/mol. The molecule has 0 saturated heterocycles. The Bertz CT molecular complexity index is 1020. The van der Waals surface area contributed by atoms with E-state index in [-0.39, 0.29) is 30.7 Å². The maximum atomic E-state index is 12.4. The van der Waals surface area contributed by atoms with Crippen molar-refractivity contribution in [2.75, 3.05) is 6.54 Å². The highest BCUT2D eigenvalue weighted by Crippen LogP contribution is 2.24. The molecule has 3 aromatic rings. The Balaban J connectivity index is 1.27. The van der Waals surface area contributed by atoms with Gasteiger partial charge in [0.1, 0.15) is 0 Å².